The fourth-order valence-electron chi connectivity index (χ4n) is 1.52. The van der Waals surface area contributed by atoms with Crippen LogP contribution in [-0.2, 0) is 11.2 Å². The lowest BCUT2D eigenvalue weighted by Gasteiger charge is -2.05. The summed E-state index contributed by atoms with van der Waals surface area (Å²) in [6.45, 7) is 5.01. The third-order valence-corrected chi connectivity index (χ3v) is 2.44. The Balaban J connectivity index is 2.86. The van der Waals surface area contributed by atoms with Crippen LogP contribution in [0.15, 0.2) is 18.2 Å². The summed E-state index contributed by atoms with van der Waals surface area (Å²) in [6, 6.07) is 6.45. The van der Waals surface area contributed by atoms with Crippen molar-refractivity contribution in [3.05, 3.63) is 34.9 Å². The van der Waals surface area contributed by atoms with Crippen molar-refractivity contribution in [1.82, 2.24) is 0 Å². The van der Waals surface area contributed by atoms with E-state index in [4.69, 9.17) is 4.74 Å². The average molecular weight is 216 g/mol. The van der Waals surface area contributed by atoms with E-state index in [-0.39, 0.29) is 0 Å². The zero-order valence-electron chi connectivity index (χ0n) is 10.5. The molecule has 1 rings (SSSR count). The van der Waals surface area contributed by atoms with Crippen LogP contribution in [0.25, 0.3) is 0 Å². The van der Waals surface area contributed by atoms with Crippen molar-refractivity contribution in [1.29, 1.82) is 0 Å². The number of rotatable bonds is 4. The van der Waals surface area contributed by atoms with Gasteiger partial charge >= 0.3 is 0 Å². The Morgan fingerprint density at radius 2 is 2.12 bits per heavy atom. The normalized spacial score (nSPS) is 9.69. The molecule has 0 atom stereocenters. The van der Waals surface area contributed by atoms with Crippen molar-refractivity contribution in [2.24, 2.45) is 0 Å². The maximum atomic E-state index is 5.11. The summed E-state index contributed by atoms with van der Waals surface area (Å²) in [5.41, 5.74) is 3.71. The van der Waals surface area contributed by atoms with E-state index < -0.39 is 0 Å². The molecule has 0 heterocycles. The summed E-state index contributed by atoms with van der Waals surface area (Å²) in [5, 5.41) is 0. The molecule has 1 heteroatoms. The van der Waals surface area contributed by atoms with Gasteiger partial charge in [0.05, 0.1) is 6.61 Å². The highest BCUT2D eigenvalue weighted by molar-refractivity contribution is 5.43. The molecule has 0 aliphatic carbocycles. The van der Waals surface area contributed by atoms with Crippen LogP contribution in [0.2, 0.25) is 0 Å². The molecule has 0 saturated carbocycles. The summed E-state index contributed by atoms with van der Waals surface area (Å²) < 4.78 is 5.11. The molecule has 0 amide bonds. The van der Waals surface area contributed by atoms with Gasteiger partial charge in [-0.1, -0.05) is 30.9 Å². The molecule has 0 radical (unpaired) electrons. The van der Waals surface area contributed by atoms with Crippen molar-refractivity contribution < 1.29 is 4.74 Å². The lowest BCUT2D eigenvalue weighted by atomic mass is 10.0. The molecule has 0 unspecified atom stereocenters. The Labute approximate surface area is 98.8 Å². The monoisotopic (exact) mass is 216 g/mol. The van der Waals surface area contributed by atoms with Crippen molar-refractivity contribution in [2.75, 3.05) is 13.7 Å². The van der Waals surface area contributed by atoms with Crippen LogP contribution in [0, 0.1) is 18.8 Å². The van der Waals surface area contributed by atoms with Crippen LogP contribution in [0.4, 0.5) is 0 Å². The van der Waals surface area contributed by atoms with Gasteiger partial charge in [0.15, 0.2) is 0 Å². The Morgan fingerprint density at radius 3 is 2.81 bits per heavy atom. The van der Waals surface area contributed by atoms with Gasteiger partial charge < -0.3 is 4.74 Å². The number of unbranched alkanes of at least 4 members (excludes halogenated alkanes) is 1. The topological polar surface area (TPSA) is 9.23 Å². The van der Waals surface area contributed by atoms with Gasteiger partial charge in [-0.3, -0.25) is 0 Å². The Bertz CT molecular complexity index is 382. The van der Waals surface area contributed by atoms with Crippen LogP contribution < -0.4 is 0 Å². The average Bonchev–Trinajstić information content (AvgIpc) is 2.28. The van der Waals surface area contributed by atoms with Crippen molar-refractivity contribution >= 4 is 0 Å². The second-order valence-electron chi connectivity index (χ2n) is 3.96. The summed E-state index contributed by atoms with van der Waals surface area (Å²) in [7, 11) is 1.73. The predicted octanol–water partition coefficient (Wildman–Crippen LogP) is 3.34. The summed E-state index contributed by atoms with van der Waals surface area (Å²) in [5.74, 6) is 6.46. The molecular formula is C15H20O. The van der Waals surface area contributed by atoms with Crippen LogP contribution in [-0.4, -0.2) is 13.7 Å². The zero-order chi connectivity index (χ0) is 11.8. The molecule has 0 saturated heterocycles. The SMILES string of the molecule is CCCC#Cc1cc(C)ccc1CCOC. The summed E-state index contributed by atoms with van der Waals surface area (Å²) >= 11 is 0. The number of methoxy groups -OCH3 is 1. The Hall–Kier alpha value is -1.26. The van der Waals surface area contributed by atoms with Crippen LogP contribution >= 0.6 is 0 Å². The third-order valence-electron chi connectivity index (χ3n) is 2.44. The van der Waals surface area contributed by atoms with Gasteiger partial charge in [-0.15, -0.1) is 0 Å². The highest BCUT2D eigenvalue weighted by atomic mass is 16.5. The zero-order valence-corrected chi connectivity index (χ0v) is 10.5. The van der Waals surface area contributed by atoms with Crippen LogP contribution in [0.1, 0.15) is 36.5 Å². The minimum absolute atomic E-state index is 0.755. The van der Waals surface area contributed by atoms with Crippen LogP contribution in [0.3, 0.4) is 0 Å². The third kappa shape index (κ3) is 4.08. The molecule has 0 spiro atoms. The molecule has 86 valence electrons. The highest BCUT2D eigenvalue weighted by Crippen LogP contribution is 2.11. The lowest BCUT2D eigenvalue weighted by molar-refractivity contribution is 0.202. The Morgan fingerprint density at radius 1 is 1.31 bits per heavy atom. The number of hydrogen-bond donors (Lipinski definition) is 0. The maximum Gasteiger partial charge on any atom is 0.0503 e. The Kier molecular flexibility index (Phi) is 5.67. The van der Waals surface area contributed by atoms with Gasteiger partial charge in [-0.25, -0.2) is 0 Å². The molecule has 1 aromatic carbocycles. The fraction of sp³-hybridized carbons (Fsp3) is 0.467. The molecular weight excluding hydrogens is 196 g/mol. The first-order chi connectivity index (χ1) is 7.77. The number of benzene rings is 1. The smallest absolute Gasteiger partial charge is 0.0503 e. The van der Waals surface area contributed by atoms with Crippen molar-refractivity contribution in [2.45, 2.75) is 33.1 Å². The quantitative estimate of drug-likeness (QED) is 0.701. The molecule has 1 nitrogen and oxygen atoms in total. The predicted molar refractivity (Wildman–Crippen MR) is 68.5 cm³/mol. The first-order valence-corrected chi connectivity index (χ1v) is 5.85. The molecule has 0 aromatic heterocycles. The van der Waals surface area contributed by atoms with Crippen molar-refractivity contribution in [3.63, 3.8) is 0 Å². The van der Waals surface area contributed by atoms with Gasteiger partial charge in [-0.05, 0) is 37.0 Å². The number of aryl methyl sites for hydroxylation is 1. The van der Waals surface area contributed by atoms with Gasteiger partial charge in [0, 0.05) is 19.1 Å². The molecule has 1 aromatic rings. The van der Waals surface area contributed by atoms with Gasteiger partial charge in [0.1, 0.15) is 0 Å². The van der Waals surface area contributed by atoms with Gasteiger partial charge in [0.2, 0.25) is 0 Å². The first-order valence-electron chi connectivity index (χ1n) is 5.85. The molecule has 0 aliphatic rings. The second kappa shape index (κ2) is 7.09. The molecule has 0 aliphatic heterocycles. The maximum absolute atomic E-state index is 5.11. The fourth-order valence-corrected chi connectivity index (χ4v) is 1.52. The second-order valence-corrected chi connectivity index (χ2v) is 3.96. The van der Waals surface area contributed by atoms with E-state index in [0.29, 0.717) is 0 Å². The van der Waals surface area contributed by atoms with E-state index in [1.54, 1.807) is 7.11 Å². The van der Waals surface area contributed by atoms with E-state index in [2.05, 4.69) is 43.9 Å². The van der Waals surface area contributed by atoms with E-state index in [0.717, 1.165) is 31.4 Å². The molecule has 0 fully saturated rings. The lowest BCUT2D eigenvalue weighted by Crippen LogP contribution is -1.97. The van der Waals surface area contributed by atoms with Gasteiger partial charge in [-0.2, -0.15) is 0 Å². The van der Waals surface area contributed by atoms with Crippen LogP contribution in [0.5, 0.6) is 0 Å². The molecule has 0 N–H and O–H groups in total. The summed E-state index contributed by atoms with van der Waals surface area (Å²) in [4.78, 5) is 0. The largest absolute Gasteiger partial charge is 0.384 e. The minimum Gasteiger partial charge on any atom is -0.384 e. The molecule has 0 bridgehead atoms. The van der Waals surface area contributed by atoms with E-state index in [1.165, 1.54) is 11.1 Å². The molecule has 16 heavy (non-hydrogen) atoms. The number of ether oxygens (including phenoxy) is 1. The van der Waals surface area contributed by atoms with Gasteiger partial charge in [0.25, 0.3) is 0 Å². The summed E-state index contributed by atoms with van der Waals surface area (Å²) in [6.07, 6.45) is 3.02. The first kappa shape index (κ1) is 12.8. The standard InChI is InChI=1S/C15H20O/c1-4-5-6-7-15-12-13(2)8-9-14(15)10-11-16-3/h8-9,12H,4-5,10-11H2,1-3H3. The van der Waals surface area contributed by atoms with E-state index in [1.807, 2.05) is 0 Å². The van der Waals surface area contributed by atoms with Crippen molar-refractivity contribution in [3.8, 4) is 11.8 Å². The van der Waals surface area contributed by atoms with E-state index >= 15 is 0 Å². The number of hydrogen-bond acceptors (Lipinski definition) is 1. The highest BCUT2D eigenvalue weighted by Gasteiger charge is 2.00. The van der Waals surface area contributed by atoms with E-state index in [9.17, 15) is 0 Å². The minimum atomic E-state index is 0.755.